The predicted molar refractivity (Wildman–Crippen MR) is 86.3 cm³/mol. The van der Waals surface area contributed by atoms with Crippen molar-refractivity contribution in [3.05, 3.63) is 53.6 Å². The SMILES string of the molecule is O=C(COc1cccc2c1CCC2=O)Nc1ccc(OC(F)F)cc1. The minimum Gasteiger partial charge on any atom is -0.483 e. The van der Waals surface area contributed by atoms with E-state index in [0.29, 0.717) is 29.8 Å². The number of anilines is 1. The largest absolute Gasteiger partial charge is 0.483 e. The lowest BCUT2D eigenvalue weighted by Crippen LogP contribution is -2.20. The molecule has 0 aromatic heterocycles. The lowest BCUT2D eigenvalue weighted by atomic mass is 10.1. The molecule has 0 heterocycles. The molecule has 0 bridgehead atoms. The highest BCUT2D eigenvalue weighted by Crippen LogP contribution is 2.30. The van der Waals surface area contributed by atoms with Gasteiger partial charge in [0.25, 0.3) is 5.91 Å². The van der Waals surface area contributed by atoms with Crippen LogP contribution in [0.15, 0.2) is 42.5 Å². The number of Topliss-reactive ketones (excluding diaryl/α,β-unsaturated/α-hetero) is 1. The molecule has 5 nitrogen and oxygen atoms in total. The van der Waals surface area contributed by atoms with Gasteiger partial charge in [0.05, 0.1) is 0 Å². The summed E-state index contributed by atoms with van der Waals surface area (Å²) in [4.78, 5) is 23.7. The Morgan fingerprint density at radius 3 is 2.60 bits per heavy atom. The van der Waals surface area contributed by atoms with Crippen molar-refractivity contribution in [1.29, 1.82) is 0 Å². The molecule has 2 aromatic rings. The number of hydrogen-bond donors (Lipinski definition) is 1. The summed E-state index contributed by atoms with van der Waals surface area (Å²) in [5.74, 6) is 0.216. The van der Waals surface area contributed by atoms with Gasteiger partial charge in [-0.05, 0) is 36.8 Å². The molecule has 3 rings (SSSR count). The van der Waals surface area contributed by atoms with Gasteiger partial charge in [0.15, 0.2) is 12.4 Å². The first-order valence-corrected chi connectivity index (χ1v) is 7.65. The van der Waals surface area contributed by atoms with Crippen LogP contribution in [0.5, 0.6) is 11.5 Å². The van der Waals surface area contributed by atoms with E-state index < -0.39 is 12.5 Å². The number of carbonyl (C=O) groups is 2. The van der Waals surface area contributed by atoms with Crippen LogP contribution in [0.4, 0.5) is 14.5 Å². The van der Waals surface area contributed by atoms with Crippen molar-refractivity contribution < 1.29 is 27.8 Å². The van der Waals surface area contributed by atoms with E-state index in [-0.39, 0.29) is 18.1 Å². The molecule has 0 radical (unpaired) electrons. The van der Waals surface area contributed by atoms with E-state index in [2.05, 4.69) is 10.1 Å². The highest BCUT2D eigenvalue weighted by Gasteiger charge is 2.22. The zero-order chi connectivity index (χ0) is 17.8. The minimum atomic E-state index is -2.90. The van der Waals surface area contributed by atoms with Crippen molar-refractivity contribution in [3.63, 3.8) is 0 Å². The maximum atomic E-state index is 12.1. The molecule has 0 unspecified atom stereocenters. The number of halogens is 2. The van der Waals surface area contributed by atoms with E-state index in [1.165, 1.54) is 24.3 Å². The average Bonchev–Trinajstić information content (AvgIpc) is 2.96. The van der Waals surface area contributed by atoms with Crippen LogP contribution in [0.25, 0.3) is 0 Å². The molecule has 130 valence electrons. The quantitative estimate of drug-likeness (QED) is 0.869. The van der Waals surface area contributed by atoms with Crippen LogP contribution in [0.3, 0.4) is 0 Å². The van der Waals surface area contributed by atoms with E-state index in [1.54, 1.807) is 18.2 Å². The van der Waals surface area contributed by atoms with Gasteiger partial charge < -0.3 is 14.8 Å². The minimum absolute atomic E-state index is 0.00812. The Morgan fingerprint density at radius 2 is 1.88 bits per heavy atom. The van der Waals surface area contributed by atoms with Crippen molar-refractivity contribution in [2.45, 2.75) is 19.5 Å². The Hall–Kier alpha value is -2.96. The van der Waals surface area contributed by atoms with E-state index >= 15 is 0 Å². The van der Waals surface area contributed by atoms with Crippen molar-refractivity contribution >= 4 is 17.4 Å². The monoisotopic (exact) mass is 347 g/mol. The smallest absolute Gasteiger partial charge is 0.387 e. The number of benzene rings is 2. The number of carbonyl (C=O) groups excluding carboxylic acids is 2. The average molecular weight is 347 g/mol. The third-order valence-corrected chi connectivity index (χ3v) is 3.76. The van der Waals surface area contributed by atoms with Gasteiger partial charge >= 0.3 is 6.61 Å². The first-order valence-electron chi connectivity index (χ1n) is 7.65. The second-order valence-electron chi connectivity index (χ2n) is 5.45. The molecular formula is C18H15F2NO4. The topological polar surface area (TPSA) is 64.6 Å². The second kappa shape index (κ2) is 7.29. The first-order chi connectivity index (χ1) is 12.0. The number of fused-ring (bicyclic) bond motifs is 1. The summed E-state index contributed by atoms with van der Waals surface area (Å²) in [5, 5.41) is 2.60. The Morgan fingerprint density at radius 1 is 1.12 bits per heavy atom. The molecule has 7 heteroatoms. The summed E-state index contributed by atoms with van der Waals surface area (Å²) in [7, 11) is 0. The summed E-state index contributed by atoms with van der Waals surface area (Å²) in [6.07, 6.45) is 1.06. The van der Waals surface area contributed by atoms with Crippen LogP contribution in [0.2, 0.25) is 0 Å². The zero-order valence-electron chi connectivity index (χ0n) is 13.1. The van der Waals surface area contributed by atoms with Crippen LogP contribution < -0.4 is 14.8 Å². The van der Waals surface area contributed by atoms with Gasteiger partial charge in [0.2, 0.25) is 0 Å². The molecule has 25 heavy (non-hydrogen) atoms. The fourth-order valence-corrected chi connectivity index (χ4v) is 2.65. The van der Waals surface area contributed by atoms with E-state index in [1.807, 2.05) is 0 Å². The lowest BCUT2D eigenvalue weighted by Gasteiger charge is -2.11. The summed E-state index contributed by atoms with van der Waals surface area (Å²) in [6.45, 7) is -3.12. The van der Waals surface area contributed by atoms with Gasteiger partial charge in [0, 0.05) is 23.2 Å². The summed E-state index contributed by atoms with van der Waals surface area (Å²) < 4.78 is 33.9. The summed E-state index contributed by atoms with van der Waals surface area (Å²) in [6, 6.07) is 10.8. The Balaban J connectivity index is 1.56. The molecule has 0 saturated heterocycles. The number of nitrogens with one attached hydrogen (secondary N) is 1. The van der Waals surface area contributed by atoms with Crippen LogP contribution in [-0.4, -0.2) is 24.9 Å². The van der Waals surface area contributed by atoms with Gasteiger partial charge in [-0.3, -0.25) is 9.59 Å². The third kappa shape index (κ3) is 4.12. The Kier molecular flexibility index (Phi) is 4.92. The highest BCUT2D eigenvalue weighted by atomic mass is 19.3. The lowest BCUT2D eigenvalue weighted by molar-refractivity contribution is -0.118. The Bertz CT molecular complexity index is 790. The number of alkyl halides is 2. The van der Waals surface area contributed by atoms with Gasteiger partial charge in [-0.25, -0.2) is 0 Å². The molecule has 1 aliphatic carbocycles. The number of ether oxygens (including phenoxy) is 2. The van der Waals surface area contributed by atoms with Gasteiger partial charge in [-0.15, -0.1) is 0 Å². The number of rotatable bonds is 6. The van der Waals surface area contributed by atoms with Crippen molar-refractivity contribution in [2.75, 3.05) is 11.9 Å². The molecule has 1 aliphatic rings. The molecular weight excluding hydrogens is 332 g/mol. The van der Waals surface area contributed by atoms with Gasteiger partial charge in [0.1, 0.15) is 11.5 Å². The predicted octanol–water partition coefficient (Wildman–Crippen LogP) is 3.43. The van der Waals surface area contributed by atoms with Gasteiger partial charge in [-0.1, -0.05) is 12.1 Å². The molecule has 0 atom stereocenters. The van der Waals surface area contributed by atoms with Gasteiger partial charge in [-0.2, -0.15) is 8.78 Å². The molecule has 0 fully saturated rings. The maximum absolute atomic E-state index is 12.1. The number of amides is 1. The van der Waals surface area contributed by atoms with Crippen molar-refractivity contribution in [1.82, 2.24) is 0 Å². The molecule has 0 aliphatic heterocycles. The highest BCUT2D eigenvalue weighted by molar-refractivity contribution is 6.01. The summed E-state index contributed by atoms with van der Waals surface area (Å²) in [5.41, 5.74) is 1.91. The van der Waals surface area contributed by atoms with E-state index in [4.69, 9.17) is 4.74 Å². The number of ketones is 1. The fourth-order valence-electron chi connectivity index (χ4n) is 2.65. The van der Waals surface area contributed by atoms with E-state index in [0.717, 1.165) is 5.56 Å². The zero-order valence-corrected chi connectivity index (χ0v) is 13.1. The second-order valence-corrected chi connectivity index (χ2v) is 5.45. The molecule has 0 saturated carbocycles. The molecule has 0 spiro atoms. The molecule has 1 N–H and O–H groups in total. The van der Waals surface area contributed by atoms with Crippen LogP contribution in [-0.2, 0) is 11.2 Å². The normalized spacial score (nSPS) is 12.8. The summed E-state index contributed by atoms with van der Waals surface area (Å²) >= 11 is 0. The first kappa shape index (κ1) is 16.9. The van der Waals surface area contributed by atoms with Crippen molar-refractivity contribution in [3.8, 4) is 11.5 Å². The van der Waals surface area contributed by atoms with E-state index in [9.17, 15) is 18.4 Å². The standard InChI is InChI=1S/C18H15F2NO4/c19-18(20)25-12-6-4-11(5-7-12)21-17(23)10-24-16-3-1-2-13-14(16)8-9-15(13)22/h1-7,18H,8-10H2,(H,21,23). The third-order valence-electron chi connectivity index (χ3n) is 3.76. The van der Waals surface area contributed by atoms with Crippen LogP contribution >= 0.6 is 0 Å². The Labute approximate surface area is 142 Å². The molecule has 1 amide bonds. The number of hydrogen-bond acceptors (Lipinski definition) is 4. The van der Waals surface area contributed by atoms with Crippen molar-refractivity contribution in [2.24, 2.45) is 0 Å². The molecule has 2 aromatic carbocycles. The van der Waals surface area contributed by atoms with Crippen LogP contribution in [0, 0.1) is 0 Å². The fraction of sp³-hybridized carbons (Fsp3) is 0.222. The van der Waals surface area contributed by atoms with Crippen LogP contribution in [0.1, 0.15) is 22.3 Å². The maximum Gasteiger partial charge on any atom is 0.387 e.